The lowest BCUT2D eigenvalue weighted by Crippen LogP contribution is -2.33. The number of pyridine rings is 2. The molecule has 0 bridgehead atoms. The van der Waals surface area contributed by atoms with Crippen molar-refractivity contribution < 1.29 is 4.79 Å². The Morgan fingerprint density at radius 2 is 1.88 bits per heavy atom. The van der Waals surface area contributed by atoms with E-state index in [0.29, 0.717) is 17.8 Å². The summed E-state index contributed by atoms with van der Waals surface area (Å²) in [6, 6.07) is 7.52. The predicted molar refractivity (Wildman–Crippen MR) is 97.3 cm³/mol. The van der Waals surface area contributed by atoms with Crippen molar-refractivity contribution in [3.63, 3.8) is 0 Å². The average Bonchev–Trinajstić information content (AvgIpc) is 2.68. The summed E-state index contributed by atoms with van der Waals surface area (Å²) < 4.78 is 1.31. The summed E-state index contributed by atoms with van der Waals surface area (Å²) in [5, 5.41) is 2.82. The Hall–Kier alpha value is -3.35. The normalized spacial score (nSPS) is 10.5. The minimum Gasteiger partial charge on any atom is -0.350 e. The van der Waals surface area contributed by atoms with Gasteiger partial charge in [0.2, 0.25) is 5.91 Å². The van der Waals surface area contributed by atoms with Gasteiger partial charge < -0.3 is 5.32 Å². The summed E-state index contributed by atoms with van der Waals surface area (Å²) in [6.45, 7) is 3.77. The Morgan fingerprint density at radius 1 is 1.12 bits per heavy atom. The lowest BCUT2D eigenvalue weighted by Gasteiger charge is -2.09. The van der Waals surface area contributed by atoms with E-state index in [1.807, 2.05) is 24.3 Å². The standard InChI is InChI=1S/C19H19N5O2/c1-13-14(2)23-12-24(19(13)26)11-18(25)22-10-15-3-8-21-17(9-15)16-4-6-20-7-5-16/h3-9,12H,10-11H2,1-2H3,(H,22,25). The zero-order valence-corrected chi connectivity index (χ0v) is 14.6. The number of amides is 1. The van der Waals surface area contributed by atoms with Crippen molar-refractivity contribution in [1.82, 2.24) is 24.8 Å². The molecule has 3 aromatic rings. The van der Waals surface area contributed by atoms with Crippen LogP contribution in [0, 0.1) is 13.8 Å². The molecule has 0 aliphatic heterocycles. The van der Waals surface area contributed by atoms with Crippen molar-refractivity contribution >= 4 is 5.91 Å². The number of nitrogens with zero attached hydrogens (tertiary/aromatic N) is 4. The molecule has 7 heteroatoms. The number of hydrogen-bond donors (Lipinski definition) is 1. The van der Waals surface area contributed by atoms with Crippen LogP contribution in [0.2, 0.25) is 0 Å². The van der Waals surface area contributed by atoms with Gasteiger partial charge in [0.1, 0.15) is 6.54 Å². The van der Waals surface area contributed by atoms with Crippen LogP contribution in [0.1, 0.15) is 16.8 Å². The zero-order valence-electron chi connectivity index (χ0n) is 14.6. The summed E-state index contributed by atoms with van der Waals surface area (Å²) in [7, 11) is 0. The van der Waals surface area contributed by atoms with Crippen molar-refractivity contribution in [2.24, 2.45) is 0 Å². The Labute approximate surface area is 150 Å². The van der Waals surface area contributed by atoms with Crippen LogP contribution in [0.4, 0.5) is 0 Å². The van der Waals surface area contributed by atoms with Gasteiger partial charge in [-0.3, -0.25) is 24.1 Å². The lowest BCUT2D eigenvalue weighted by molar-refractivity contribution is -0.121. The molecule has 0 spiro atoms. The van der Waals surface area contributed by atoms with Gasteiger partial charge in [0, 0.05) is 42.0 Å². The van der Waals surface area contributed by atoms with Crippen molar-refractivity contribution in [2.45, 2.75) is 26.9 Å². The van der Waals surface area contributed by atoms with Gasteiger partial charge in [0.25, 0.3) is 5.56 Å². The summed E-state index contributed by atoms with van der Waals surface area (Å²) in [5.41, 5.74) is 3.72. The Kier molecular flexibility index (Phi) is 5.17. The molecule has 3 heterocycles. The lowest BCUT2D eigenvalue weighted by atomic mass is 10.1. The fourth-order valence-corrected chi connectivity index (χ4v) is 2.46. The van der Waals surface area contributed by atoms with Crippen molar-refractivity contribution in [3.8, 4) is 11.3 Å². The molecule has 7 nitrogen and oxygen atoms in total. The molecule has 3 rings (SSSR count). The van der Waals surface area contributed by atoms with Crippen molar-refractivity contribution in [2.75, 3.05) is 0 Å². The van der Waals surface area contributed by atoms with E-state index in [-0.39, 0.29) is 18.0 Å². The summed E-state index contributed by atoms with van der Waals surface area (Å²) in [6.07, 6.45) is 6.52. The number of hydrogen-bond acceptors (Lipinski definition) is 5. The summed E-state index contributed by atoms with van der Waals surface area (Å²) >= 11 is 0. The van der Waals surface area contributed by atoms with Crippen molar-refractivity contribution in [3.05, 3.63) is 76.4 Å². The number of carbonyl (C=O) groups is 1. The highest BCUT2D eigenvalue weighted by molar-refractivity contribution is 5.75. The van der Waals surface area contributed by atoms with Gasteiger partial charge in [0.05, 0.1) is 12.0 Å². The van der Waals surface area contributed by atoms with Crippen LogP contribution in [0.15, 0.2) is 54.0 Å². The van der Waals surface area contributed by atoms with Gasteiger partial charge >= 0.3 is 0 Å². The molecule has 1 N–H and O–H groups in total. The first-order valence-corrected chi connectivity index (χ1v) is 8.19. The van der Waals surface area contributed by atoms with E-state index < -0.39 is 0 Å². The first-order valence-electron chi connectivity index (χ1n) is 8.19. The largest absolute Gasteiger partial charge is 0.350 e. The second kappa shape index (κ2) is 7.69. The number of nitrogens with one attached hydrogen (secondary N) is 1. The molecule has 0 atom stereocenters. The number of aryl methyl sites for hydroxylation is 1. The van der Waals surface area contributed by atoms with Gasteiger partial charge in [-0.2, -0.15) is 0 Å². The molecule has 0 aliphatic rings. The Bertz CT molecular complexity index is 983. The van der Waals surface area contributed by atoms with E-state index in [0.717, 1.165) is 16.8 Å². The molecular formula is C19H19N5O2. The molecule has 3 aromatic heterocycles. The first-order chi connectivity index (χ1) is 12.5. The van der Waals surface area contributed by atoms with Crippen LogP contribution in [-0.2, 0) is 17.9 Å². The van der Waals surface area contributed by atoms with Crippen LogP contribution in [0.5, 0.6) is 0 Å². The highest BCUT2D eigenvalue weighted by Crippen LogP contribution is 2.16. The van der Waals surface area contributed by atoms with E-state index in [1.165, 1.54) is 10.9 Å². The molecule has 0 saturated heterocycles. The van der Waals surface area contributed by atoms with E-state index in [4.69, 9.17) is 0 Å². The maximum atomic E-state index is 12.2. The minimum atomic E-state index is -0.251. The smallest absolute Gasteiger partial charge is 0.256 e. The van der Waals surface area contributed by atoms with E-state index in [9.17, 15) is 9.59 Å². The minimum absolute atomic E-state index is 0.0603. The average molecular weight is 349 g/mol. The molecule has 1 amide bonds. The van der Waals surface area contributed by atoms with Gasteiger partial charge in [-0.1, -0.05) is 0 Å². The zero-order chi connectivity index (χ0) is 18.5. The number of aromatic nitrogens is 4. The monoisotopic (exact) mass is 349 g/mol. The van der Waals surface area contributed by atoms with Crippen molar-refractivity contribution in [1.29, 1.82) is 0 Å². The second-order valence-electron chi connectivity index (χ2n) is 5.95. The highest BCUT2D eigenvalue weighted by atomic mass is 16.2. The molecule has 0 radical (unpaired) electrons. The summed E-state index contributed by atoms with van der Waals surface area (Å²) in [4.78, 5) is 36.8. The Morgan fingerprint density at radius 3 is 2.65 bits per heavy atom. The van der Waals surface area contributed by atoms with E-state index in [1.54, 1.807) is 32.4 Å². The van der Waals surface area contributed by atoms with E-state index >= 15 is 0 Å². The summed E-state index contributed by atoms with van der Waals surface area (Å²) in [5.74, 6) is -0.251. The molecular weight excluding hydrogens is 330 g/mol. The van der Waals surface area contributed by atoms with Gasteiger partial charge in [0.15, 0.2) is 0 Å². The predicted octanol–water partition coefficient (Wildman–Crippen LogP) is 1.63. The van der Waals surface area contributed by atoms with Gasteiger partial charge in [-0.05, 0) is 43.7 Å². The first kappa shape index (κ1) is 17.5. The molecule has 0 saturated carbocycles. The third kappa shape index (κ3) is 4.00. The fraction of sp³-hybridized carbons (Fsp3) is 0.211. The maximum Gasteiger partial charge on any atom is 0.256 e. The topological polar surface area (TPSA) is 89.8 Å². The molecule has 0 aliphatic carbocycles. The Balaban J connectivity index is 1.65. The van der Waals surface area contributed by atoms with Gasteiger partial charge in [-0.15, -0.1) is 0 Å². The molecule has 0 fully saturated rings. The van der Waals surface area contributed by atoms with Crippen LogP contribution in [0.3, 0.4) is 0 Å². The molecule has 132 valence electrons. The molecule has 0 aromatic carbocycles. The third-order valence-corrected chi connectivity index (χ3v) is 4.12. The van der Waals surface area contributed by atoms with Crippen LogP contribution >= 0.6 is 0 Å². The van der Waals surface area contributed by atoms with E-state index in [2.05, 4.69) is 20.3 Å². The quantitative estimate of drug-likeness (QED) is 0.756. The van der Waals surface area contributed by atoms with Crippen LogP contribution in [0.25, 0.3) is 11.3 Å². The second-order valence-corrected chi connectivity index (χ2v) is 5.95. The third-order valence-electron chi connectivity index (χ3n) is 4.12. The SMILES string of the molecule is Cc1ncn(CC(=O)NCc2ccnc(-c3ccncc3)c2)c(=O)c1C. The molecule has 26 heavy (non-hydrogen) atoms. The maximum absolute atomic E-state index is 12.2. The highest BCUT2D eigenvalue weighted by Gasteiger charge is 2.08. The fourth-order valence-electron chi connectivity index (χ4n) is 2.46. The van der Waals surface area contributed by atoms with Crippen LogP contribution < -0.4 is 10.9 Å². The molecule has 0 unspecified atom stereocenters. The van der Waals surface area contributed by atoms with Crippen LogP contribution in [-0.4, -0.2) is 25.4 Å². The number of rotatable bonds is 5. The number of carbonyl (C=O) groups excluding carboxylic acids is 1. The van der Waals surface area contributed by atoms with Gasteiger partial charge in [-0.25, -0.2) is 4.98 Å².